The molecule has 0 aromatic heterocycles. The van der Waals surface area contributed by atoms with Crippen LogP contribution in [0.1, 0.15) is 22.8 Å². The van der Waals surface area contributed by atoms with Crippen molar-refractivity contribution in [2.24, 2.45) is 4.99 Å². The van der Waals surface area contributed by atoms with E-state index < -0.39 is 4.75 Å². The van der Waals surface area contributed by atoms with E-state index in [0.717, 1.165) is 21.9 Å². The van der Waals surface area contributed by atoms with Gasteiger partial charge >= 0.3 is 0 Å². The van der Waals surface area contributed by atoms with Crippen molar-refractivity contribution in [2.45, 2.75) is 16.6 Å². The minimum absolute atomic E-state index is 0.0789. The molecule has 4 rings (SSSR count). The van der Waals surface area contributed by atoms with Crippen molar-refractivity contribution in [1.29, 1.82) is 0 Å². The Balaban J connectivity index is 1.89. The van der Waals surface area contributed by atoms with Gasteiger partial charge in [0.2, 0.25) is 0 Å². The highest BCUT2D eigenvalue weighted by atomic mass is 32.2. The van der Waals surface area contributed by atoms with Gasteiger partial charge in [-0.1, -0.05) is 72.8 Å². The molecule has 3 heteroatoms. The maximum Gasteiger partial charge on any atom is 0.185 e. The van der Waals surface area contributed by atoms with E-state index in [0.29, 0.717) is 5.56 Å². The van der Waals surface area contributed by atoms with Crippen molar-refractivity contribution in [3.8, 4) is 0 Å². The summed E-state index contributed by atoms with van der Waals surface area (Å²) in [6.45, 7) is 1.98. The molecule has 1 heterocycles. The van der Waals surface area contributed by atoms with Gasteiger partial charge in [0, 0.05) is 10.5 Å². The van der Waals surface area contributed by atoms with Crippen molar-refractivity contribution >= 4 is 28.9 Å². The van der Waals surface area contributed by atoms with Crippen molar-refractivity contribution in [3.05, 3.63) is 96.1 Å². The number of hydrogen-bond acceptors (Lipinski definition) is 3. The number of carbonyl (C=O) groups excluding carboxylic acids is 1. The molecule has 2 nitrogen and oxygen atoms in total. The molecule has 0 aliphatic carbocycles. The maximum absolute atomic E-state index is 13.4. The highest BCUT2D eigenvalue weighted by Crippen LogP contribution is 2.46. The normalized spacial score (nSPS) is 19.0. The summed E-state index contributed by atoms with van der Waals surface area (Å²) >= 11 is 1.58. The first-order valence-corrected chi connectivity index (χ1v) is 9.02. The van der Waals surface area contributed by atoms with E-state index in [-0.39, 0.29) is 5.78 Å². The van der Waals surface area contributed by atoms with Crippen LogP contribution < -0.4 is 0 Å². The highest BCUT2D eigenvalue weighted by Gasteiger charge is 2.43. The van der Waals surface area contributed by atoms with Crippen LogP contribution in [-0.2, 0) is 0 Å². The zero-order valence-corrected chi connectivity index (χ0v) is 14.7. The monoisotopic (exact) mass is 343 g/mol. The standard InChI is InChI=1S/C22H17NOS/c1-22(21(24)17-12-6-3-7-13-17)20(16-10-4-2-5-11-16)23-18-14-8-9-15-19(18)25-22/h2-15H,1H3. The minimum Gasteiger partial charge on any atom is -0.292 e. The summed E-state index contributed by atoms with van der Waals surface area (Å²) in [4.78, 5) is 19.3. The number of carbonyl (C=O) groups is 1. The summed E-state index contributed by atoms with van der Waals surface area (Å²) in [5, 5.41) is 0. The van der Waals surface area contributed by atoms with Crippen molar-refractivity contribution < 1.29 is 4.79 Å². The first kappa shape index (κ1) is 15.9. The number of thioether (sulfide) groups is 1. The Bertz CT molecular complexity index is 950. The van der Waals surface area contributed by atoms with Gasteiger partial charge < -0.3 is 0 Å². The average Bonchev–Trinajstić information content (AvgIpc) is 2.68. The molecule has 1 aliphatic rings. The van der Waals surface area contributed by atoms with Gasteiger partial charge in [-0.25, -0.2) is 4.99 Å². The zero-order valence-electron chi connectivity index (χ0n) is 13.8. The number of benzene rings is 3. The number of Topliss-reactive ketones (excluding diaryl/α,β-unsaturated/α-hetero) is 1. The predicted octanol–water partition coefficient (Wildman–Crippen LogP) is 5.55. The van der Waals surface area contributed by atoms with Gasteiger partial charge in [0.25, 0.3) is 0 Å². The van der Waals surface area contributed by atoms with E-state index in [1.54, 1.807) is 11.8 Å². The van der Waals surface area contributed by atoms with Gasteiger partial charge in [-0.15, -0.1) is 11.8 Å². The quantitative estimate of drug-likeness (QED) is 0.583. The van der Waals surface area contributed by atoms with Crippen molar-refractivity contribution in [3.63, 3.8) is 0 Å². The molecule has 3 aromatic carbocycles. The Hall–Kier alpha value is -2.65. The third-order valence-electron chi connectivity index (χ3n) is 4.38. The second-order valence-electron chi connectivity index (χ2n) is 6.12. The molecule has 0 bridgehead atoms. The number of aliphatic imine (C=N–C) groups is 1. The minimum atomic E-state index is -0.767. The Morgan fingerprint density at radius 3 is 2.16 bits per heavy atom. The smallest absolute Gasteiger partial charge is 0.185 e. The number of fused-ring (bicyclic) bond motifs is 1. The van der Waals surface area contributed by atoms with Crippen molar-refractivity contribution in [1.82, 2.24) is 0 Å². The van der Waals surface area contributed by atoms with Gasteiger partial charge in [0.15, 0.2) is 5.78 Å². The lowest BCUT2D eigenvalue weighted by Gasteiger charge is -2.33. The predicted molar refractivity (Wildman–Crippen MR) is 104 cm³/mol. The zero-order chi connectivity index (χ0) is 17.3. The molecule has 25 heavy (non-hydrogen) atoms. The van der Waals surface area contributed by atoms with E-state index in [1.165, 1.54) is 0 Å². The first-order valence-electron chi connectivity index (χ1n) is 8.21. The molecule has 0 saturated carbocycles. The van der Waals surface area contributed by atoms with Crippen LogP contribution in [0, 0.1) is 0 Å². The van der Waals surface area contributed by atoms with Gasteiger partial charge in [-0.05, 0) is 24.6 Å². The first-order chi connectivity index (χ1) is 12.2. The van der Waals surface area contributed by atoms with Crippen LogP contribution in [0.15, 0.2) is 94.8 Å². The number of ketones is 1. The number of nitrogens with zero attached hydrogens (tertiary/aromatic N) is 1. The van der Waals surface area contributed by atoms with E-state index in [1.807, 2.05) is 91.9 Å². The van der Waals surface area contributed by atoms with Crippen LogP contribution in [0.25, 0.3) is 0 Å². The molecule has 3 aromatic rings. The summed E-state index contributed by atoms with van der Waals surface area (Å²) in [6, 6.07) is 27.4. The van der Waals surface area contributed by atoms with E-state index in [4.69, 9.17) is 4.99 Å². The second kappa shape index (κ2) is 6.34. The highest BCUT2D eigenvalue weighted by molar-refractivity contribution is 8.02. The molecule has 1 atom stereocenters. The van der Waals surface area contributed by atoms with Crippen LogP contribution in [0.3, 0.4) is 0 Å². The van der Waals surface area contributed by atoms with Crippen LogP contribution >= 0.6 is 11.8 Å². The third-order valence-corrected chi connectivity index (χ3v) is 5.73. The SMILES string of the molecule is CC1(C(=O)c2ccccc2)Sc2ccccc2N=C1c1ccccc1. The lowest BCUT2D eigenvalue weighted by molar-refractivity contribution is 0.0976. The van der Waals surface area contributed by atoms with Gasteiger partial charge in [-0.2, -0.15) is 0 Å². The number of hydrogen-bond donors (Lipinski definition) is 0. The fraction of sp³-hybridized carbons (Fsp3) is 0.0909. The van der Waals surface area contributed by atoms with Gasteiger partial charge in [0.05, 0.1) is 11.4 Å². The van der Waals surface area contributed by atoms with E-state index >= 15 is 0 Å². The van der Waals surface area contributed by atoms with Gasteiger partial charge in [0.1, 0.15) is 4.75 Å². The largest absolute Gasteiger partial charge is 0.292 e. The average molecular weight is 343 g/mol. The molecule has 0 saturated heterocycles. The molecule has 0 amide bonds. The molecule has 122 valence electrons. The summed E-state index contributed by atoms with van der Waals surface area (Å²) in [7, 11) is 0. The van der Waals surface area contributed by atoms with Crippen LogP contribution in [0.2, 0.25) is 0 Å². The Kier molecular flexibility index (Phi) is 4.02. The molecular weight excluding hydrogens is 326 g/mol. The molecule has 1 unspecified atom stereocenters. The van der Waals surface area contributed by atoms with Gasteiger partial charge in [-0.3, -0.25) is 4.79 Å². The molecule has 0 radical (unpaired) electrons. The molecule has 0 N–H and O–H groups in total. The summed E-state index contributed by atoms with van der Waals surface area (Å²) in [5.74, 6) is 0.0789. The Morgan fingerprint density at radius 1 is 0.840 bits per heavy atom. The fourth-order valence-corrected chi connectivity index (χ4v) is 4.36. The Labute approximate surface area is 151 Å². The van der Waals surface area contributed by atoms with Crippen molar-refractivity contribution in [2.75, 3.05) is 0 Å². The summed E-state index contributed by atoms with van der Waals surface area (Å²) in [6.07, 6.45) is 0. The molecule has 0 fully saturated rings. The van der Waals surface area contributed by atoms with E-state index in [9.17, 15) is 4.79 Å². The van der Waals surface area contributed by atoms with Crippen LogP contribution in [0.5, 0.6) is 0 Å². The maximum atomic E-state index is 13.4. The van der Waals surface area contributed by atoms with Crippen LogP contribution in [-0.4, -0.2) is 16.2 Å². The number of para-hydroxylation sites is 1. The Morgan fingerprint density at radius 2 is 1.44 bits per heavy atom. The summed E-state index contributed by atoms with van der Waals surface area (Å²) in [5.41, 5.74) is 3.42. The fourth-order valence-electron chi connectivity index (χ4n) is 3.09. The summed E-state index contributed by atoms with van der Waals surface area (Å²) < 4.78 is -0.767. The second-order valence-corrected chi connectivity index (χ2v) is 7.59. The lowest BCUT2D eigenvalue weighted by atomic mass is 9.89. The molecule has 1 aliphatic heterocycles. The van der Waals surface area contributed by atoms with Crippen LogP contribution in [0.4, 0.5) is 5.69 Å². The third kappa shape index (κ3) is 2.81. The topological polar surface area (TPSA) is 29.4 Å². The molecule has 0 spiro atoms. The number of rotatable bonds is 3. The van der Waals surface area contributed by atoms with E-state index in [2.05, 4.69) is 0 Å². The molecular formula is C22H17NOS. The lowest BCUT2D eigenvalue weighted by Crippen LogP contribution is -2.42.